The zero-order valence-electron chi connectivity index (χ0n) is 12.8. The van der Waals surface area contributed by atoms with Gasteiger partial charge in [0.2, 0.25) is 5.91 Å². The second-order valence-corrected chi connectivity index (χ2v) is 5.73. The minimum Gasteiger partial charge on any atom is -0.345 e. The second-order valence-electron chi connectivity index (χ2n) is 5.73. The maximum absolute atomic E-state index is 12.5. The summed E-state index contributed by atoms with van der Waals surface area (Å²) in [4.78, 5) is 33.6. The molecule has 1 aromatic heterocycles. The van der Waals surface area contributed by atoms with E-state index in [1.165, 1.54) is 18.3 Å². The lowest BCUT2D eigenvalue weighted by Crippen LogP contribution is -2.44. The van der Waals surface area contributed by atoms with Crippen molar-refractivity contribution in [2.75, 3.05) is 20.1 Å². The standard InChI is InChI=1S/C15H15F3N4O2/c1-21(12-4-5-22(14(12)24)7-15(16,17)18)13(23)9-2-3-10-11(6-9)20-8-19-10/h2-3,6,8,12H,4-5,7H2,1H3,(H,19,20). The van der Waals surface area contributed by atoms with Crippen molar-refractivity contribution in [1.29, 1.82) is 0 Å². The van der Waals surface area contributed by atoms with Gasteiger partial charge in [0.1, 0.15) is 12.6 Å². The van der Waals surface area contributed by atoms with E-state index >= 15 is 0 Å². The van der Waals surface area contributed by atoms with Crippen molar-refractivity contribution in [3.63, 3.8) is 0 Å². The first-order valence-corrected chi connectivity index (χ1v) is 7.32. The molecule has 0 saturated carbocycles. The van der Waals surface area contributed by atoms with Crippen LogP contribution in [0.4, 0.5) is 13.2 Å². The van der Waals surface area contributed by atoms with Gasteiger partial charge in [-0.25, -0.2) is 4.98 Å². The van der Waals surface area contributed by atoms with E-state index in [4.69, 9.17) is 0 Å². The molecule has 1 aliphatic heterocycles. The van der Waals surface area contributed by atoms with Crippen LogP contribution in [0.25, 0.3) is 11.0 Å². The molecule has 1 fully saturated rings. The van der Waals surface area contributed by atoms with Crippen molar-refractivity contribution in [3.8, 4) is 0 Å². The highest BCUT2D eigenvalue weighted by Crippen LogP contribution is 2.24. The number of rotatable bonds is 3. The lowest BCUT2D eigenvalue weighted by molar-refractivity contribution is -0.158. The Hall–Kier alpha value is -2.58. The summed E-state index contributed by atoms with van der Waals surface area (Å²) in [6, 6.07) is 3.97. The minimum atomic E-state index is -4.45. The van der Waals surface area contributed by atoms with Gasteiger partial charge in [-0.3, -0.25) is 9.59 Å². The molecule has 0 aliphatic carbocycles. The van der Waals surface area contributed by atoms with Gasteiger partial charge in [0.25, 0.3) is 5.91 Å². The van der Waals surface area contributed by atoms with Gasteiger partial charge in [-0.1, -0.05) is 0 Å². The first kappa shape index (κ1) is 16.3. The molecule has 3 rings (SSSR count). The molecule has 6 nitrogen and oxygen atoms in total. The molecule has 1 atom stereocenters. The number of fused-ring (bicyclic) bond motifs is 1. The number of benzene rings is 1. The molecule has 9 heteroatoms. The molecule has 0 radical (unpaired) electrons. The average Bonchev–Trinajstić information content (AvgIpc) is 3.11. The quantitative estimate of drug-likeness (QED) is 0.926. The van der Waals surface area contributed by atoms with E-state index < -0.39 is 30.6 Å². The van der Waals surface area contributed by atoms with Crippen LogP contribution in [-0.4, -0.2) is 63.9 Å². The summed E-state index contributed by atoms with van der Waals surface area (Å²) in [5.41, 5.74) is 1.71. The predicted octanol–water partition coefficient (Wildman–Crippen LogP) is 1.80. The van der Waals surface area contributed by atoms with Crippen molar-refractivity contribution >= 4 is 22.8 Å². The van der Waals surface area contributed by atoms with Crippen LogP contribution in [0.1, 0.15) is 16.8 Å². The third-order valence-corrected chi connectivity index (χ3v) is 4.09. The average molecular weight is 340 g/mol. The molecular formula is C15H15F3N4O2. The largest absolute Gasteiger partial charge is 0.406 e. The third kappa shape index (κ3) is 3.06. The number of hydrogen-bond acceptors (Lipinski definition) is 3. The van der Waals surface area contributed by atoms with E-state index in [9.17, 15) is 22.8 Å². The SMILES string of the molecule is CN(C(=O)c1ccc2nc[nH]c2c1)C1CCN(CC(F)(F)F)C1=O. The van der Waals surface area contributed by atoms with E-state index in [-0.39, 0.29) is 13.0 Å². The smallest absolute Gasteiger partial charge is 0.345 e. The first-order chi connectivity index (χ1) is 11.3. The van der Waals surface area contributed by atoms with Crippen LogP contribution in [0.15, 0.2) is 24.5 Å². The number of aromatic amines is 1. The molecule has 1 saturated heterocycles. The molecule has 2 aromatic rings. The fourth-order valence-electron chi connectivity index (χ4n) is 2.87. The van der Waals surface area contributed by atoms with Gasteiger partial charge < -0.3 is 14.8 Å². The molecule has 1 unspecified atom stereocenters. The minimum absolute atomic E-state index is 0.0137. The molecule has 2 amide bonds. The Labute approximate surface area is 135 Å². The Morgan fingerprint density at radius 1 is 1.46 bits per heavy atom. The van der Waals surface area contributed by atoms with Gasteiger partial charge >= 0.3 is 6.18 Å². The van der Waals surface area contributed by atoms with Crippen LogP contribution in [0.3, 0.4) is 0 Å². The Balaban J connectivity index is 1.75. The van der Waals surface area contributed by atoms with Gasteiger partial charge in [-0.15, -0.1) is 0 Å². The Morgan fingerprint density at radius 2 is 2.21 bits per heavy atom. The predicted molar refractivity (Wildman–Crippen MR) is 79.2 cm³/mol. The molecule has 0 bridgehead atoms. The van der Waals surface area contributed by atoms with Crippen LogP contribution in [0.5, 0.6) is 0 Å². The highest BCUT2D eigenvalue weighted by Gasteiger charge is 2.41. The van der Waals surface area contributed by atoms with Gasteiger partial charge in [0.05, 0.1) is 17.4 Å². The number of amides is 2. The highest BCUT2D eigenvalue weighted by atomic mass is 19.4. The molecular weight excluding hydrogens is 325 g/mol. The second kappa shape index (κ2) is 5.81. The van der Waals surface area contributed by atoms with E-state index in [2.05, 4.69) is 9.97 Å². The van der Waals surface area contributed by atoms with Crippen molar-refractivity contribution in [2.45, 2.75) is 18.6 Å². The van der Waals surface area contributed by atoms with Crippen molar-refractivity contribution in [1.82, 2.24) is 19.8 Å². The monoisotopic (exact) mass is 340 g/mol. The number of alkyl halides is 3. The number of H-pyrrole nitrogens is 1. The lowest BCUT2D eigenvalue weighted by atomic mass is 10.1. The number of likely N-dealkylation sites (N-methyl/N-ethyl adjacent to an activating group) is 1. The normalized spacial score (nSPS) is 18.4. The highest BCUT2D eigenvalue weighted by molar-refractivity contribution is 6.00. The number of nitrogens with zero attached hydrogens (tertiary/aromatic N) is 3. The third-order valence-electron chi connectivity index (χ3n) is 4.09. The maximum Gasteiger partial charge on any atom is 0.406 e. The van der Waals surface area contributed by atoms with Gasteiger partial charge in [0.15, 0.2) is 0 Å². The van der Waals surface area contributed by atoms with Crippen molar-refractivity contribution < 1.29 is 22.8 Å². The van der Waals surface area contributed by atoms with Crippen LogP contribution >= 0.6 is 0 Å². The first-order valence-electron chi connectivity index (χ1n) is 7.32. The summed E-state index contributed by atoms with van der Waals surface area (Å²) in [7, 11) is 1.43. The van der Waals surface area contributed by atoms with Gasteiger partial charge in [-0.05, 0) is 24.6 Å². The number of likely N-dealkylation sites (tertiary alicyclic amines) is 1. The molecule has 0 spiro atoms. The molecule has 1 aliphatic rings. The van der Waals surface area contributed by atoms with E-state index in [1.807, 2.05) is 0 Å². The number of halogens is 3. The molecule has 1 N–H and O–H groups in total. The van der Waals surface area contributed by atoms with Crippen molar-refractivity contribution in [2.24, 2.45) is 0 Å². The zero-order valence-corrected chi connectivity index (χ0v) is 12.8. The Morgan fingerprint density at radius 3 is 2.92 bits per heavy atom. The maximum atomic E-state index is 12.5. The summed E-state index contributed by atoms with van der Waals surface area (Å²) >= 11 is 0. The van der Waals surface area contributed by atoms with E-state index in [0.29, 0.717) is 16.6 Å². The van der Waals surface area contributed by atoms with Crippen LogP contribution in [0.2, 0.25) is 0 Å². The molecule has 2 heterocycles. The van der Waals surface area contributed by atoms with Gasteiger partial charge in [-0.2, -0.15) is 13.2 Å². The van der Waals surface area contributed by atoms with Crippen molar-refractivity contribution in [3.05, 3.63) is 30.1 Å². The zero-order chi connectivity index (χ0) is 17.5. The summed E-state index contributed by atoms with van der Waals surface area (Å²) in [5, 5.41) is 0. The van der Waals surface area contributed by atoms with Crippen LogP contribution in [-0.2, 0) is 4.79 Å². The van der Waals surface area contributed by atoms with Crippen LogP contribution < -0.4 is 0 Å². The Bertz CT molecular complexity index is 786. The summed E-state index contributed by atoms with van der Waals surface area (Å²) in [5.74, 6) is -1.09. The van der Waals surface area contributed by atoms with E-state index in [1.54, 1.807) is 18.2 Å². The number of aromatic nitrogens is 2. The fourth-order valence-corrected chi connectivity index (χ4v) is 2.87. The van der Waals surface area contributed by atoms with Gasteiger partial charge in [0, 0.05) is 19.2 Å². The summed E-state index contributed by atoms with van der Waals surface area (Å²) in [6.07, 6.45) is -2.76. The number of nitrogens with one attached hydrogen (secondary N) is 1. The molecule has 1 aromatic carbocycles. The topological polar surface area (TPSA) is 69.3 Å². The Kier molecular flexibility index (Phi) is 3.94. The molecule has 128 valence electrons. The van der Waals surface area contributed by atoms with E-state index in [0.717, 1.165) is 4.90 Å². The fraction of sp³-hybridized carbons (Fsp3) is 0.400. The number of hydrogen-bond donors (Lipinski definition) is 1. The number of carbonyl (C=O) groups is 2. The summed E-state index contributed by atoms with van der Waals surface area (Å²) < 4.78 is 37.4. The molecule has 24 heavy (non-hydrogen) atoms. The lowest BCUT2D eigenvalue weighted by Gasteiger charge is -2.24. The van der Waals surface area contributed by atoms with Crippen LogP contribution in [0, 0.1) is 0 Å². The number of imidazole rings is 1. The number of carbonyl (C=O) groups excluding carboxylic acids is 2. The summed E-state index contributed by atoms with van der Waals surface area (Å²) in [6.45, 7) is -1.30.